The number of carbonyl (C=O) groups excluding carboxylic acids is 1. The molecule has 1 aromatic carbocycles. The average molecular weight is 312 g/mol. The molecule has 1 rings (SSSR count). The highest BCUT2D eigenvalue weighted by Gasteiger charge is 2.10. The molecule has 120 valence electrons. The average Bonchev–Trinajstić information content (AvgIpc) is 2.56. The lowest BCUT2D eigenvalue weighted by atomic mass is 10.1. The summed E-state index contributed by atoms with van der Waals surface area (Å²) in [4.78, 5) is 15.3. The van der Waals surface area contributed by atoms with Crippen LogP contribution in [0, 0.1) is 6.57 Å². The third-order valence-corrected chi connectivity index (χ3v) is 2.92. The van der Waals surface area contributed by atoms with Crippen LogP contribution in [0.15, 0.2) is 54.5 Å². The molecule has 0 aliphatic heterocycles. The topological polar surface area (TPSA) is 51.9 Å². The fourth-order valence-electron chi connectivity index (χ4n) is 1.63. The molecule has 0 bridgehead atoms. The minimum absolute atomic E-state index is 0.0202. The standard InChI is InChI=1S/C18H20N2O3/c1-13(2)14(3)23-11-10-20-18(21)16(19-4)12-15-8-6-7-9-17(15)22-5/h6-9,12H,1,3,10-11H2,2,5H3,(H,20,21). The highest BCUT2D eigenvalue weighted by Crippen LogP contribution is 2.20. The quantitative estimate of drug-likeness (QED) is 0.264. The summed E-state index contributed by atoms with van der Waals surface area (Å²) in [6.45, 7) is 16.9. The first-order chi connectivity index (χ1) is 11.0. The fraction of sp³-hybridized carbons (Fsp3) is 0.222. The first-order valence-electron chi connectivity index (χ1n) is 6.97. The predicted molar refractivity (Wildman–Crippen MR) is 90.5 cm³/mol. The Kier molecular flexibility index (Phi) is 7.15. The summed E-state index contributed by atoms with van der Waals surface area (Å²) >= 11 is 0. The van der Waals surface area contributed by atoms with Crippen LogP contribution in [-0.2, 0) is 9.53 Å². The van der Waals surface area contributed by atoms with Gasteiger partial charge in [-0.25, -0.2) is 4.85 Å². The van der Waals surface area contributed by atoms with Crippen molar-refractivity contribution in [2.45, 2.75) is 6.92 Å². The second-order valence-electron chi connectivity index (χ2n) is 4.69. The summed E-state index contributed by atoms with van der Waals surface area (Å²) in [5, 5.41) is 2.63. The smallest absolute Gasteiger partial charge is 0.250 e. The molecule has 0 saturated heterocycles. The molecule has 1 amide bonds. The Morgan fingerprint density at radius 2 is 2.09 bits per heavy atom. The molecule has 1 aromatic rings. The molecule has 0 saturated carbocycles. The van der Waals surface area contributed by atoms with E-state index in [-0.39, 0.29) is 18.8 Å². The Balaban J connectivity index is 2.66. The molecule has 0 heterocycles. The molecule has 5 heteroatoms. The summed E-state index contributed by atoms with van der Waals surface area (Å²) in [5.41, 5.74) is 1.38. The van der Waals surface area contributed by atoms with Crippen molar-refractivity contribution in [3.63, 3.8) is 0 Å². The molecular formula is C18H20N2O3. The largest absolute Gasteiger partial charge is 0.496 e. The third-order valence-electron chi connectivity index (χ3n) is 2.92. The molecule has 0 atom stereocenters. The molecule has 0 unspecified atom stereocenters. The van der Waals surface area contributed by atoms with Gasteiger partial charge in [0.05, 0.1) is 20.2 Å². The number of benzene rings is 1. The van der Waals surface area contributed by atoms with Gasteiger partial charge in [-0.15, -0.1) is 0 Å². The van der Waals surface area contributed by atoms with E-state index in [9.17, 15) is 4.79 Å². The molecule has 0 aliphatic carbocycles. The summed E-state index contributed by atoms with van der Waals surface area (Å²) in [6.07, 6.45) is 1.49. The maximum Gasteiger partial charge on any atom is 0.250 e. The van der Waals surface area contributed by atoms with Gasteiger partial charge in [0.1, 0.15) is 18.1 Å². The summed E-state index contributed by atoms with van der Waals surface area (Å²) in [7, 11) is 1.54. The number of methoxy groups -OCH3 is 1. The number of hydrogen-bond donors (Lipinski definition) is 1. The number of carbonyl (C=O) groups is 1. The molecule has 1 N–H and O–H groups in total. The highest BCUT2D eigenvalue weighted by molar-refractivity contribution is 5.99. The van der Waals surface area contributed by atoms with E-state index in [1.54, 1.807) is 19.1 Å². The number of nitrogens with zero attached hydrogens (tertiary/aromatic N) is 1. The molecule has 0 aromatic heterocycles. The van der Waals surface area contributed by atoms with Crippen LogP contribution in [0.5, 0.6) is 5.75 Å². The molecular weight excluding hydrogens is 292 g/mol. The predicted octanol–water partition coefficient (Wildman–Crippen LogP) is 3.18. The van der Waals surface area contributed by atoms with Gasteiger partial charge in [0.2, 0.25) is 5.91 Å². The Bertz CT molecular complexity index is 669. The normalized spacial score (nSPS) is 10.4. The van der Waals surface area contributed by atoms with Crippen molar-refractivity contribution in [1.82, 2.24) is 5.32 Å². The zero-order valence-corrected chi connectivity index (χ0v) is 13.4. The number of para-hydroxylation sites is 1. The second kappa shape index (κ2) is 9.11. The lowest BCUT2D eigenvalue weighted by Crippen LogP contribution is -2.27. The number of amides is 1. The van der Waals surface area contributed by atoms with Gasteiger partial charge in [-0.2, -0.15) is 0 Å². The van der Waals surface area contributed by atoms with Crippen LogP contribution < -0.4 is 10.1 Å². The molecule has 0 aliphatic rings. The first-order valence-corrected chi connectivity index (χ1v) is 6.97. The molecule has 0 spiro atoms. The van der Waals surface area contributed by atoms with Crippen LogP contribution >= 0.6 is 0 Å². The van der Waals surface area contributed by atoms with Crippen LogP contribution in [-0.4, -0.2) is 26.2 Å². The van der Waals surface area contributed by atoms with Crippen molar-refractivity contribution >= 4 is 12.0 Å². The van der Waals surface area contributed by atoms with Gasteiger partial charge in [-0.05, 0) is 24.6 Å². The maximum absolute atomic E-state index is 12.0. The molecule has 23 heavy (non-hydrogen) atoms. The van der Waals surface area contributed by atoms with E-state index in [1.165, 1.54) is 13.2 Å². The minimum Gasteiger partial charge on any atom is -0.496 e. The van der Waals surface area contributed by atoms with Crippen molar-refractivity contribution in [3.05, 3.63) is 71.4 Å². The summed E-state index contributed by atoms with van der Waals surface area (Å²) in [6, 6.07) is 7.17. The van der Waals surface area contributed by atoms with Crippen molar-refractivity contribution in [2.24, 2.45) is 0 Å². The van der Waals surface area contributed by atoms with E-state index in [0.29, 0.717) is 17.1 Å². The lowest BCUT2D eigenvalue weighted by molar-refractivity contribution is -0.117. The van der Waals surface area contributed by atoms with Gasteiger partial charge in [0.15, 0.2) is 0 Å². The monoisotopic (exact) mass is 312 g/mol. The maximum atomic E-state index is 12.0. The van der Waals surface area contributed by atoms with Gasteiger partial charge in [0.25, 0.3) is 5.70 Å². The van der Waals surface area contributed by atoms with E-state index in [1.807, 2.05) is 12.1 Å². The third kappa shape index (κ3) is 5.71. The van der Waals surface area contributed by atoms with Gasteiger partial charge < -0.3 is 14.8 Å². The number of rotatable bonds is 8. The van der Waals surface area contributed by atoms with Crippen LogP contribution in [0.1, 0.15) is 12.5 Å². The Morgan fingerprint density at radius 3 is 2.70 bits per heavy atom. The second-order valence-corrected chi connectivity index (χ2v) is 4.69. The number of nitrogens with one attached hydrogen (secondary N) is 1. The number of ether oxygens (including phenoxy) is 2. The Hall–Kier alpha value is -3.00. The summed E-state index contributed by atoms with van der Waals surface area (Å²) < 4.78 is 10.5. The van der Waals surface area contributed by atoms with E-state index in [0.717, 1.165) is 5.57 Å². The Morgan fingerprint density at radius 1 is 1.39 bits per heavy atom. The van der Waals surface area contributed by atoms with E-state index in [4.69, 9.17) is 16.0 Å². The zero-order chi connectivity index (χ0) is 17.2. The molecule has 0 radical (unpaired) electrons. The first kappa shape index (κ1) is 18.1. The van der Waals surface area contributed by atoms with Crippen LogP contribution in [0.25, 0.3) is 10.9 Å². The van der Waals surface area contributed by atoms with Crippen LogP contribution in [0.4, 0.5) is 0 Å². The van der Waals surface area contributed by atoms with Gasteiger partial charge in [-0.1, -0.05) is 31.4 Å². The van der Waals surface area contributed by atoms with E-state index >= 15 is 0 Å². The summed E-state index contributed by atoms with van der Waals surface area (Å²) in [5.74, 6) is 0.618. The fourth-order valence-corrected chi connectivity index (χ4v) is 1.63. The van der Waals surface area contributed by atoms with Crippen molar-refractivity contribution in [2.75, 3.05) is 20.3 Å². The molecule has 0 fully saturated rings. The van der Waals surface area contributed by atoms with Gasteiger partial charge in [-0.3, -0.25) is 4.79 Å². The lowest BCUT2D eigenvalue weighted by Gasteiger charge is -2.09. The SMILES string of the molecule is [C-]#[N+]C(=Cc1ccccc1OC)C(=O)NCCOC(=C)C(=C)C. The minimum atomic E-state index is -0.463. The van der Waals surface area contributed by atoms with Gasteiger partial charge >= 0.3 is 0 Å². The van der Waals surface area contributed by atoms with Crippen molar-refractivity contribution < 1.29 is 14.3 Å². The van der Waals surface area contributed by atoms with Crippen molar-refractivity contribution in [3.8, 4) is 5.75 Å². The number of hydrogen-bond acceptors (Lipinski definition) is 3. The van der Waals surface area contributed by atoms with E-state index < -0.39 is 5.91 Å². The highest BCUT2D eigenvalue weighted by atomic mass is 16.5. The zero-order valence-electron chi connectivity index (χ0n) is 13.4. The van der Waals surface area contributed by atoms with Gasteiger partial charge in [0, 0.05) is 5.56 Å². The van der Waals surface area contributed by atoms with E-state index in [2.05, 4.69) is 23.3 Å². The van der Waals surface area contributed by atoms with Crippen molar-refractivity contribution in [1.29, 1.82) is 0 Å². The Labute approximate surface area is 136 Å². The van der Waals surface area contributed by atoms with Crippen LogP contribution in [0.3, 0.4) is 0 Å². The molecule has 5 nitrogen and oxygen atoms in total. The number of allylic oxidation sites excluding steroid dienone is 1. The van der Waals surface area contributed by atoms with Crippen LogP contribution in [0.2, 0.25) is 0 Å².